The zero-order valence-electron chi connectivity index (χ0n) is 16.4. The summed E-state index contributed by atoms with van der Waals surface area (Å²) >= 11 is 0.933. The van der Waals surface area contributed by atoms with Crippen molar-refractivity contribution in [2.24, 2.45) is 0 Å². The number of halogens is 2. The van der Waals surface area contributed by atoms with E-state index in [4.69, 9.17) is 10.5 Å². The van der Waals surface area contributed by atoms with Gasteiger partial charge in [0.1, 0.15) is 22.3 Å². The van der Waals surface area contributed by atoms with Crippen LogP contribution in [0.3, 0.4) is 0 Å². The van der Waals surface area contributed by atoms with Crippen LogP contribution in [0.2, 0.25) is 0 Å². The molecule has 164 valence electrons. The molecular weight excluding hydrogens is 430 g/mol. The van der Waals surface area contributed by atoms with Crippen molar-refractivity contribution in [3.63, 3.8) is 0 Å². The molecule has 2 saturated heterocycles. The Morgan fingerprint density at radius 1 is 1.19 bits per heavy atom. The summed E-state index contributed by atoms with van der Waals surface area (Å²) in [6.45, 7) is 0.968. The van der Waals surface area contributed by atoms with Gasteiger partial charge in [0.2, 0.25) is 5.78 Å². The molecule has 0 saturated carbocycles. The summed E-state index contributed by atoms with van der Waals surface area (Å²) in [5.41, 5.74) is 5.16. The quantitative estimate of drug-likeness (QED) is 0.531. The maximum atomic E-state index is 13.9. The van der Waals surface area contributed by atoms with Crippen molar-refractivity contribution in [3.05, 3.63) is 40.3 Å². The molecule has 2 aliphatic rings. The third-order valence-corrected chi connectivity index (χ3v) is 6.34. The Labute approximate surface area is 180 Å². The Morgan fingerprint density at radius 2 is 1.87 bits per heavy atom. The van der Waals surface area contributed by atoms with Crippen LogP contribution < -0.4 is 11.1 Å². The van der Waals surface area contributed by atoms with E-state index in [9.17, 15) is 23.2 Å². The van der Waals surface area contributed by atoms with Gasteiger partial charge in [-0.2, -0.15) is 0 Å². The molecule has 3 heterocycles. The highest BCUT2D eigenvalue weighted by molar-refractivity contribution is 7.18. The van der Waals surface area contributed by atoms with E-state index in [1.807, 2.05) is 0 Å². The van der Waals surface area contributed by atoms with Crippen LogP contribution in [-0.2, 0) is 14.3 Å². The van der Waals surface area contributed by atoms with Crippen LogP contribution in [-0.4, -0.2) is 52.8 Å². The number of rotatable bonds is 5. The highest BCUT2D eigenvalue weighted by atomic mass is 32.1. The Kier molecular flexibility index (Phi) is 5.86. The van der Waals surface area contributed by atoms with Crippen LogP contribution in [0.5, 0.6) is 0 Å². The van der Waals surface area contributed by atoms with E-state index >= 15 is 0 Å². The van der Waals surface area contributed by atoms with Gasteiger partial charge in [0.05, 0.1) is 5.56 Å². The molecule has 31 heavy (non-hydrogen) atoms. The highest BCUT2D eigenvalue weighted by Crippen LogP contribution is 2.30. The lowest BCUT2D eigenvalue weighted by atomic mass is 10.0. The molecule has 0 bridgehead atoms. The van der Waals surface area contributed by atoms with Crippen LogP contribution >= 0.6 is 11.3 Å². The van der Waals surface area contributed by atoms with E-state index in [0.717, 1.165) is 23.5 Å². The van der Waals surface area contributed by atoms with Gasteiger partial charge in [-0.15, -0.1) is 0 Å². The number of amides is 1. The first-order valence-electron chi connectivity index (χ1n) is 9.83. The van der Waals surface area contributed by atoms with Crippen molar-refractivity contribution in [2.45, 2.75) is 37.8 Å². The third-order valence-electron chi connectivity index (χ3n) is 5.34. The lowest BCUT2D eigenvalue weighted by molar-refractivity contribution is -0.153. The summed E-state index contributed by atoms with van der Waals surface area (Å²) in [7, 11) is 0. The molecule has 2 aromatic rings. The number of ketones is 1. The van der Waals surface area contributed by atoms with E-state index < -0.39 is 29.1 Å². The second-order valence-corrected chi connectivity index (χ2v) is 8.42. The molecule has 0 radical (unpaired) electrons. The van der Waals surface area contributed by atoms with Gasteiger partial charge in [-0.1, -0.05) is 17.4 Å². The number of cyclic esters (lactones) is 1. The minimum Gasteiger partial charge on any atom is -0.452 e. The van der Waals surface area contributed by atoms with Gasteiger partial charge < -0.3 is 20.7 Å². The van der Waals surface area contributed by atoms with E-state index in [-0.39, 0.29) is 35.0 Å². The third kappa shape index (κ3) is 4.36. The molecule has 1 aromatic carbocycles. The molecule has 11 heteroatoms. The predicted molar refractivity (Wildman–Crippen MR) is 109 cm³/mol. The van der Waals surface area contributed by atoms with Crippen molar-refractivity contribution in [2.75, 3.05) is 24.1 Å². The first kappa shape index (κ1) is 21.2. The Hall–Kier alpha value is -3.08. The fourth-order valence-corrected chi connectivity index (χ4v) is 4.61. The first-order chi connectivity index (χ1) is 14.8. The van der Waals surface area contributed by atoms with Crippen molar-refractivity contribution in [3.8, 4) is 0 Å². The number of nitrogens with two attached hydrogens (primary N) is 1. The molecule has 1 atom stereocenters. The minimum absolute atomic E-state index is 0.0196. The largest absolute Gasteiger partial charge is 0.452 e. The highest BCUT2D eigenvalue weighted by Gasteiger charge is 2.35. The molecule has 0 spiro atoms. The Morgan fingerprint density at radius 3 is 2.48 bits per heavy atom. The average Bonchev–Trinajstić information content (AvgIpc) is 3.33. The fourth-order valence-electron chi connectivity index (χ4n) is 3.71. The second kappa shape index (κ2) is 8.58. The second-order valence-electron chi connectivity index (χ2n) is 7.42. The van der Waals surface area contributed by atoms with E-state index in [1.54, 1.807) is 4.90 Å². The SMILES string of the molecule is Nc1nc(NC2CCN(C(=O)[C@@H]3CCC(=O)O3)CC2)sc1C(=O)c1c(F)cccc1F. The molecule has 2 fully saturated rings. The lowest BCUT2D eigenvalue weighted by Gasteiger charge is -2.33. The number of likely N-dealkylation sites (tertiary alicyclic amines) is 1. The molecule has 3 N–H and O–H groups in total. The number of hydrogen-bond acceptors (Lipinski definition) is 8. The predicted octanol–water partition coefficient (Wildman–Crippen LogP) is 2.34. The number of ether oxygens (including phenoxy) is 1. The number of nitrogens with zero attached hydrogens (tertiary/aromatic N) is 2. The number of carbonyl (C=O) groups is 3. The first-order valence-corrected chi connectivity index (χ1v) is 10.6. The summed E-state index contributed by atoms with van der Waals surface area (Å²) < 4.78 is 32.9. The summed E-state index contributed by atoms with van der Waals surface area (Å²) in [5.74, 6) is -3.41. The smallest absolute Gasteiger partial charge is 0.306 e. The van der Waals surface area contributed by atoms with Crippen molar-refractivity contribution < 1.29 is 27.9 Å². The fraction of sp³-hybridized carbons (Fsp3) is 0.400. The zero-order valence-corrected chi connectivity index (χ0v) is 17.2. The maximum Gasteiger partial charge on any atom is 0.306 e. The number of benzene rings is 1. The van der Waals surface area contributed by atoms with Gasteiger partial charge in [-0.25, -0.2) is 13.8 Å². The maximum absolute atomic E-state index is 13.9. The number of piperidine rings is 1. The number of anilines is 2. The van der Waals surface area contributed by atoms with Crippen LogP contribution in [0.15, 0.2) is 18.2 Å². The molecule has 8 nitrogen and oxygen atoms in total. The van der Waals surface area contributed by atoms with Crippen molar-refractivity contribution >= 4 is 39.9 Å². The molecular formula is C20H20F2N4O4S. The van der Waals surface area contributed by atoms with Gasteiger partial charge in [-0.3, -0.25) is 14.4 Å². The molecule has 4 rings (SSSR count). The summed E-state index contributed by atoms with van der Waals surface area (Å²) in [5, 5.41) is 3.55. The average molecular weight is 450 g/mol. The number of hydrogen-bond donors (Lipinski definition) is 2. The number of esters is 1. The topological polar surface area (TPSA) is 115 Å². The zero-order chi connectivity index (χ0) is 22.1. The van der Waals surface area contributed by atoms with Gasteiger partial charge in [0.15, 0.2) is 11.2 Å². The number of thiazole rings is 1. The van der Waals surface area contributed by atoms with Crippen LogP contribution in [0, 0.1) is 11.6 Å². The minimum atomic E-state index is -0.961. The summed E-state index contributed by atoms with van der Waals surface area (Å²) in [6.07, 6.45) is 1.22. The normalized spacial score (nSPS) is 19.4. The Balaban J connectivity index is 1.38. The molecule has 1 amide bonds. The summed E-state index contributed by atoms with van der Waals surface area (Å²) in [6, 6.07) is 3.18. The Bertz CT molecular complexity index is 1020. The van der Waals surface area contributed by atoms with E-state index in [1.165, 1.54) is 6.07 Å². The monoisotopic (exact) mass is 450 g/mol. The molecule has 1 aromatic heterocycles. The number of nitrogen functional groups attached to an aromatic ring is 1. The number of carbonyl (C=O) groups excluding carboxylic acids is 3. The van der Waals surface area contributed by atoms with Crippen LogP contribution in [0.1, 0.15) is 40.9 Å². The van der Waals surface area contributed by atoms with Crippen molar-refractivity contribution in [1.29, 1.82) is 0 Å². The standard InChI is InChI=1S/C20H20F2N4O4S/c21-11-2-1-3-12(22)15(11)16(28)17-18(23)25-20(31-17)24-10-6-8-26(9-7-10)19(29)13-4-5-14(27)30-13/h1-3,10,13H,4-9,23H2,(H,24,25)/t13-/m0/s1. The molecule has 0 unspecified atom stereocenters. The van der Waals surface area contributed by atoms with Crippen LogP contribution in [0.4, 0.5) is 19.7 Å². The van der Waals surface area contributed by atoms with Gasteiger partial charge in [-0.05, 0) is 25.0 Å². The number of nitrogens with one attached hydrogen (secondary N) is 1. The van der Waals surface area contributed by atoms with E-state index in [0.29, 0.717) is 37.5 Å². The van der Waals surface area contributed by atoms with Crippen molar-refractivity contribution in [1.82, 2.24) is 9.88 Å². The molecule has 0 aliphatic carbocycles. The molecule has 2 aliphatic heterocycles. The summed E-state index contributed by atoms with van der Waals surface area (Å²) in [4.78, 5) is 42.0. The van der Waals surface area contributed by atoms with Gasteiger partial charge in [0.25, 0.3) is 5.91 Å². The van der Waals surface area contributed by atoms with E-state index in [2.05, 4.69) is 10.3 Å². The lowest BCUT2D eigenvalue weighted by Crippen LogP contribution is -2.46. The van der Waals surface area contributed by atoms with Gasteiger partial charge >= 0.3 is 5.97 Å². The number of aromatic nitrogens is 1. The van der Waals surface area contributed by atoms with Crippen LogP contribution in [0.25, 0.3) is 0 Å². The van der Waals surface area contributed by atoms with Gasteiger partial charge in [0, 0.05) is 32.0 Å².